The summed E-state index contributed by atoms with van der Waals surface area (Å²) >= 11 is 1.69. The van der Waals surface area contributed by atoms with Crippen LogP contribution in [0, 0.1) is 6.92 Å². The minimum Gasteiger partial charge on any atom is -0.376 e. The van der Waals surface area contributed by atoms with Crippen LogP contribution in [0.1, 0.15) is 42.8 Å². The molecule has 0 amide bonds. The van der Waals surface area contributed by atoms with Gasteiger partial charge < -0.3 is 19.7 Å². The second-order valence-corrected chi connectivity index (χ2v) is 7.73. The highest BCUT2D eigenvalue weighted by atomic mass is 32.1. The third-order valence-electron chi connectivity index (χ3n) is 4.81. The number of rotatable bonds is 5. The number of thiazole rings is 1. The van der Waals surface area contributed by atoms with Gasteiger partial charge in [-0.25, -0.2) is 4.98 Å². The van der Waals surface area contributed by atoms with Crippen molar-refractivity contribution in [3.05, 3.63) is 16.1 Å². The minimum atomic E-state index is 0.308. The van der Waals surface area contributed by atoms with E-state index in [9.17, 15) is 0 Å². The van der Waals surface area contributed by atoms with Crippen LogP contribution in [-0.4, -0.2) is 61.4 Å². The number of guanidine groups is 1. The summed E-state index contributed by atoms with van der Waals surface area (Å²) in [6, 6.07) is 0. The first-order valence-corrected chi connectivity index (χ1v) is 10.2. The number of hydrogen-bond donors (Lipinski definition) is 1. The van der Waals surface area contributed by atoms with Gasteiger partial charge in [-0.3, -0.25) is 4.99 Å². The molecule has 0 aliphatic carbocycles. The monoisotopic (exact) mass is 366 g/mol. The van der Waals surface area contributed by atoms with E-state index in [1.807, 2.05) is 14.0 Å². The zero-order valence-corrected chi connectivity index (χ0v) is 16.2. The highest BCUT2D eigenvalue weighted by Crippen LogP contribution is 2.18. The van der Waals surface area contributed by atoms with Gasteiger partial charge in [0.15, 0.2) is 5.96 Å². The molecule has 3 rings (SSSR count). The Kier molecular flexibility index (Phi) is 7.07. The summed E-state index contributed by atoms with van der Waals surface area (Å²) < 4.78 is 11.8. The predicted octanol–water partition coefficient (Wildman–Crippen LogP) is 2.58. The lowest BCUT2D eigenvalue weighted by atomic mass is 10.1. The summed E-state index contributed by atoms with van der Waals surface area (Å²) in [4.78, 5) is 11.2. The lowest BCUT2D eigenvalue weighted by Crippen LogP contribution is -2.47. The van der Waals surface area contributed by atoms with Crippen LogP contribution in [0.4, 0.5) is 0 Å². The van der Waals surface area contributed by atoms with Gasteiger partial charge in [-0.05, 0) is 39.0 Å². The summed E-state index contributed by atoms with van der Waals surface area (Å²) in [5.74, 6) is 0.960. The Balaban J connectivity index is 1.37. The smallest absolute Gasteiger partial charge is 0.193 e. The second-order valence-electron chi connectivity index (χ2n) is 6.79. The SMILES string of the molecule is CN=C(NCc1nc(C)cs1)N1CCC(OCC2CCCCO2)CC1. The Morgan fingerprint density at radius 1 is 1.40 bits per heavy atom. The topological polar surface area (TPSA) is 59.0 Å². The summed E-state index contributed by atoms with van der Waals surface area (Å²) in [7, 11) is 1.85. The number of nitrogens with one attached hydrogen (secondary N) is 1. The predicted molar refractivity (Wildman–Crippen MR) is 101 cm³/mol. The highest BCUT2D eigenvalue weighted by molar-refractivity contribution is 7.09. The van der Waals surface area contributed by atoms with Crippen LogP contribution >= 0.6 is 11.3 Å². The van der Waals surface area contributed by atoms with Crippen molar-refractivity contribution in [1.82, 2.24) is 15.2 Å². The van der Waals surface area contributed by atoms with Crippen molar-refractivity contribution in [1.29, 1.82) is 0 Å². The van der Waals surface area contributed by atoms with Gasteiger partial charge in [0.2, 0.25) is 0 Å². The van der Waals surface area contributed by atoms with Crippen molar-refractivity contribution >= 4 is 17.3 Å². The van der Waals surface area contributed by atoms with E-state index >= 15 is 0 Å². The maximum absolute atomic E-state index is 6.10. The number of ether oxygens (including phenoxy) is 2. The van der Waals surface area contributed by atoms with Crippen molar-refractivity contribution in [2.75, 3.05) is 33.4 Å². The molecule has 1 atom stereocenters. The van der Waals surface area contributed by atoms with E-state index in [2.05, 4.69) is 25.6 Å². The molecule has 0 spiro atoms. The quantitative estimate of drug-likeness (QED) is 0.641. The molecule has 0 aromatic carbocycles. The molecule has 1 aromatic rings. The molecule has 2 fully saturated rings. The molecule has 3 heterocycles. The lowest BCUT2D eigenvalue weighted by molar-refractivity contribution is -0.0721. The third kappa shape index (κ3) is 5.66. The molecule has 2 aliphatic rings. The van der Waals surface area contributed by atoms with Crippen LogP contribution in [0.25, 0.3) is 0 Å². The van der Waals surface area contributed by atoms with Crippen LogP contribution in [-0.2, 0) is 16.0 Å². The number of aryl methyl sites for hydroxylation is 1. The maximum Gasteiger partial charge on any atom is 0.193 e. The molecule has 7 heteroatoms. The van der Waals surface area contributed by atoms with E-state index in [4.69, 9.17) is 9.47 Å². The van der Waals surface area contributed by atoms with E-state index in [0.29, 0.717) is 12.2 Å². The largest absolute Gasteiger partial charge is 0.376 e. The molecular formula is C18H30N4O2S. The number of aliphatic imine (C=N–C) groups is 1. The first kappa shape index (κ1) is 18.6. The van der Waals surface area contributed by atoms with Gasteiger partial charge in [-0.1, -0.05) is 0 Å². The summed E-state index contributed by atoms with van der Waals surface area (Å²) in [6.45, 7) is 6.37. The van der Waals surface area contributed by atoms with E-state index in [1.54, 1.807) is 11.3 Å². The fraction of sp³-hybridized carbons (Fsp3) is 0.778. The van der Waals surface area contributed by atoms with Crippen molar-refractivity contribution < 1.29 is 9.47 Å². The third-order valence-corrected chi connectivity index (χ3v) is 5.78. The molecule has 1 N–H and O–H groups in total. The summed E-state index contributed by atoms with van der Waals surface area (Å²) in [5, 5.41) is 6.61. The number of aromatic nitrogens is 1. The number of nitrogens with zero attached hydrogens (tertiary/aromatic N) is 3. The average molecular weight is 367 g/mol. The normalized spacial score (nSPS) is 23.0. The van der Waals surface area contributed by atoms with Crippen LogP contribution < -0.4 is 5.32 Å². The van der Waals surface area contributed by atoms with E-state index < -0.39 is 0 Å². The van der Waals surface area contributed by atoms with Gasteiger partial charge in [-0.15, -0.1) is 11.3 Å². The van der Waals surface area contributed by atoms with Gasteiger partial charge in [0, 0.05) is 37.8 Å². The minimum absolute atomic E-state index is 0.308. The molecule has 6 nitrogen and oxygen atoms in total. The van der Waals surface area contributed by atoms with E-state index in [0.717, 1.165) is 68.8 Å². The van der Waals surface area contributed by atoms with E-state index in [-0.39, 0.29) is 0 Å². The van der Waals surface area contributed by atoms with Gasteiger partial charge >= 0.3 is 0 Å². The number of likely N-dealkylation sites (tertiary alicyclic amines) is 1. The van der Waals surface area contributed by atoms with E-state index in [1.165, 1.54) is 12.8 Å². The van der Waals surface area contributed by atoms with Crippen molar-refractivity contribution in [2.45, 2.75) is 57.8 Å². The molecule has 25 heavy (non-hydrogen) atoms. The van der Waals surface area contributed by atoms with Gasteiger partial charge in [0.25, 0.3) is 0 Å². The highest BCUT2D eigenvalue weighted by Gasteiger charge is 2.23. The average Bonchev–Trinajstić information content (AvgIpc) is 3.07. The fourth-order valence-electron chi connectivity index (χ4n) is 3.39. The molecule has 1 unspecified atom stereocenters. The lowest BCUT2D eigenvalue weighted by Gasteiger charge is -2.35. The Morgan fingerprint density at radius 2 is 2.24 bits per heavy atom. The van der Waals surface area contributed by atoms with Crippen molar-refractivity contribution in [2.24, 2.45) is 4.99 Å². The van der Waals surface area contributed by atoms with Gasteiger partial charge in [0.1, 0.15) is 5.01 Å². The molecule has 1 aromatic heterocycles. The maximum atomic E-state index is 6.10. The number of piperidine rings is 1. The Bertz CT molecular complexity index is 549. The molecule has 0 bridgehead atoms. The van der Waals surface area contributed by atoms with Gasteiger partial charge in [0.05, 0.1) is 25.4 Å². The molecule has 2 saturated heterocycles. The molecule has 0 saturated carbocycles. The number of hydrogen-bond acceptors (Lipinski definition) is 5. The van der Waals surface area contributed by atoms with Crippen molar-refractivity contribution in [3.63, 3.8) is 0 Å². The first-order valence-electron chi connectivity index (χ1n) is 9.34. The van der Waals surface area contributed by atoms with Crippen molar-refractivity contribution in [3.8, 4) is 0 Å². The Labute approximate surface area is 154 Å². The standard InChI is InChI=1S/C18H30N4O2S/c1-14-13-25-17(21-14)11-20-18(19-2)22-8-6-15(7-9-22)24-12-16-5-3-4-10-23-16/h13,15-16H,3-12H2,1-2H3,(H,19,20). The zero-order chi connectivity index (χ0) is 17.5. The van der Waals surface area contributed by atoms with Gasteiger partial charge in [-0.2, -0.15) is 0 Å². The molecule has 2 aliphatic heterocycles. The Morgan fingerprint density at radius 3 is 2.88 bits per heavy atom. The Hall–Kier alpha value is -1.18. The fourth-order valence-corrected chi connectivity index (χ4v) is 4.10. The van der Waals surface area contributed by atoms with Crippen LogP contribution in [0.3, 0.4) is 0 Å². The first-order chi connectivity index (χ1) is 12.2. The summed E-state index contributed by atoms with van der Waals surface area (Å²) in [5.41, 5.74) is 1.08. The molecule has 140 valence electrons. The van der Waals surface area contributed by atoms with Crippen LogP contribution in [0.15, 0.2) is 10.4 Å². The van der Waals surface area contributed by atoms with Crippen LogP contribution in [0.5, 0.6) is 0 Å². The second kappa shape index (κ2) is 9.50. The van der Waals surface area contributed by atoms with Crippen LogP contribution in [0.2, 0.25) is 0 Å². The molecular weight excluding hydrogens is 336 g/mol. The zero-order valence-electron chi connectivity index (χ0n) is 15.4. The molecule has 0 radical (unpaired) electrons. The summed E-state index contributed by atoms with van der Waals surface area (Å²) in [6.07, 6.45) is 6.36.